The van der Waals surface area contributed by atoms with Gasteiger partial charge in [-0.25, -0.2) is 8.78 Å². The number of nitrogens with two attached hydrogens (primary N) is 1. The zero-order valence-electron chi connectivity index (χ0n) is 22.7. The summed E-state index contributed by atoms with van der Waals surface area (Å²) in [4.78, 5) is 30.9. The van der Waals surface area contributed by atoms with Crippen LogP contribution in [0.2, 0.25) is 0 Å². The third kappa shape index (κ3) is 5.32. The SMILES string of the molecule is C=C(/C=C\N=CC)NC(=O)C12CC3CC(C1)C(C(N)C(=O)NCC1(c4ccc(F)c(F)c4)CCCC1)C(C3)C2. The second-order valence-electron chi connectivity index (χ2n) is 12.4. The third-order valence-corrected chi connectivity index (χ3v) is 10.0. The van der Waals surface area contributed by atoms with Crippen LogP contribution in [0.3, 0.4) is 0 Å². The van der Waals surface area contributed by atoms with Gasteiger partial charge in [0, 0.05) is 30.1 Å². The maximum Gasteiger partial charge on any atom is 0.237 e. The quantitative estimate of drug-likeness (QED) is 0.308. The zero-order valence-corrected chi connectivity index (χ0v) is 22.7. The predicted octanol–water partition coefficient (Wildman–Crippen LogP) is 4.90. The number of hydrogen-bond acceptors (Lipinski definition) is 4. The molecule has 1 aromatic carbocycles. The van der Waals surface area contributed by atoms with Gasteiger partial charge < -0.3 is 16.4 Å². The normalized spacial score (nSPS) is 31.6. The van der Waals surface area contributed by atoms with E-state index in [4.69, 9.17) is 5.73 Å². The Labute approximate surface area is 229 Å². The monoisotopic (exact) mass is 538 g/mol. The van der Waals surface area contributed by atoms with Crippen LogP contribution in [0.4, 0.5) is 8.78 Å². The van der Waals surface area contributed by atoms with Gasteiger partial charge in [-0.05, 0) is 99.3 Å². The Hall–Kier alpha value is -2.87. The van der Waals surface area contributed by atoms with Crippen LogP contribution in [0.5, 0.6) is 0 Å². The van der Waals surface area contributed by atoms with Gasteiger partial charge in [-0.1, -0.05) is 25.5 Å². The fourth-order valence-electron chi connectivity index (χ4n) is 8.46. The molecule has 6 rings (SSSR count). The van der Waals surface area contributed by atoms with Crippen molar-refractivity contribution in [1.29, 1.82) is 0 Å². The van der Waals surface area contributed by atoms with E-state index in [2.05, 4.69) is 22.2 Å². The Balaban J connectivity index is 1.24. The molecule has 4 N–H and O–H groups in total. The second kappa shape index (κ2) is 11.0. The number of nitrogens with zero attached hydrogens (tertiary/aromatic N) is 1. The number of rotatable bonds is 9. The molecule has 0 saturated heterocycles. The molecule has 0 heterocycles. The number of benzene rings is 1. The first-order valence-electron chi connectivity index (χ1n) is 14.3. The molecule has 5 aliphatic carbocycles. The van der Waals surface area contributed by atoms with Crippen LogP contribution in [-0.4, -0.2) is 30.6 Å². The van der Waals surface area contributed by atoms with Crippen molar-refractivity contribution in [3.05, 3.63) is 59.9 Å². The van der Waals surface area contributed by atoms with E-state index in [1.165, 1.54) is 12.1 Å². The van der Waals surface area contributed by atoms with E-state index >= 15 is 0 Å². The molecule has 39 heavy (non-hydrogen) atoms. The molecule has 0 radical (unpaired) electrons. The summed E-state index contributed by atoms with van der Waals surface area (Å²) in [5, 5.41) is 6.09. The molecular weight excluding hydrogens is 498 g/mol. The van der Waals surface area contributed by atoms with Crippen LogP contribution in [0.15, 0.2) is 47.7 Å². The number of hydrogen-bond donors (Lipinski definition) is 3. The number of carbonyl (C=O) groups excluding carboxylic acids is 2. The summed E-state index contributed by atoms with van der Waals surface area (Å²) in [6, 6.07) is 3.42. The molecule has 8 heteroatoms. The number of nitrogens with one attached hydrogen (secondary N) is 2. The summed E-state index contributed by atoms with van der Waals surface area (Å²) in [5.41, 5.74) is 7.07. The highest BCUT2D eigenvalue weighted by Gasteiger charge is 2.60. The summed E-state index contributed by atoms with van der Waals surface area (Å²) < 4.78 is 27.6. The van der Waals surface area contributed by atoms with Gasteiger partial charge in [0.15, 0.2) is 11.6 Å². The molecule has 6 nitrogen and oxygen atoms in total. The first-order chi connectivity index (χ1) is 18.7. The van der Waals surface area contributed by atoms with Gasteiger partial charge in [-0.2, -0.15) is 0 Å². The van der Waals surface area contributed by atoms with Crippen LogP contribution in [-0.2, 0) is 15.0 Å². The lowest BCUT2D eigenvalue weighted by molar-refractivity contribution is -0.155. The lowest BCUT2D eigenvalue weighted by Gasteiger charge is -2.60. The number of allylic oxidation sites excluding steroid dienone is 1. The molecular formula is C31H40F2N4O2. The fourth-order valence-corrected chi connectivity index (χ4v) is 8.46. The van der Waals surface area contributed by atoms with Gasteiger partial charge in [0.05, 0.1) is 11.5 Å². The molecule has 5 saturated carbocycles. The van der Waals surface area contributed by atoms with E-state index in [0.29, 0.717) is 18.2 Å². The van der Waals surface area contributed by atoms with Crippen LogP contribution in [0.1, 0.15) is 70.3 Å². The highest BCUT2D eigenvalue weighted by molar-refractivity contribution is 5.85. The lowest BCUT2D eigenvalue weighted by atomic mass is 9.45. The van der Waals surface area contributed by atoms with Crippen molar-refractivity contribution in [3.8, 4) is 0 Å². The largest absolute Gasteiger partial charge is 0.354 e. The molecule has 4 bridgehead atoms. The Morgan fingerprint density at radius 2 is 1.85 bits per heavy atom. The zero-order chi connectivity index (χ0) is 27.8. The Morgan fingerprint density at radius 1 is 1.15 bits per heavy atom. The Kier molecular flexibility index (Phi) is 7.77. The van der Waals surface area contributed by atoms with E-state index in [1.807, 2.05) is 6.92 Å². The molecule has 0 spiro atoms. The highest BCUT2D eigenvalue weighted by Crippen LogP contribution is 2.63. The summed E-state index contributed by atoms with van der Waals surface area (Å²) >= 11 is 0. The van der Waals surface area contributed by atoms with E-state index in [0.717, 1.165) is 63.4 Å². The van der Waals surface area contributed by atoms with Crippen molar-refractivity contribution >= 4 is 18.0 Å². The van der Waals surface area contributed by atoms with Crippen molar-refractivity contribution in [2.45, 2.75) is 76.2 Å². The summed E-state index contributed by atoms with van der Waals surface area (Å²) in [5.74, 6) is -0.931. The van der Waals surface area contributed by atoms with E-state index in [9.17, 15) is 18.4 Å². The van der Waals surface area contributed by atoms with Crippen LogP contribution < -0.4 is 16.4 Å². The topological polar surface area (TPSA) is 96.6 Å². The van der Waals surface area contributed by atoms with Gasteiger partial charge in [0.2, 0.25) is 11.8 Å². The molecule has 5 aliphatic rings. The first kappa shape index (κ1) is 27.7. The standard InChI is InChI=1S/C31H40F2N4O2/c1-3-35-11-8-19(2)37-29(39)31-15-20-12-21(16-31)26(22(13-20)17-31)27(34)28(38)36-18-30(9-4-5-10-30)23-6-7-24(32)25(33)14-23/h3,6-8,11,14,20-22,26-27H,2,4-5,9-10,12-13,15-18,34H2,1H3,(H,36,38)(H,37,39)/b11-8-,35-3?. The minimum absolute atomic E-state index is 0.0169. The van der Waals surface area contributed by atoms with E-state index in [-0.39, 0.29) is 29.6 Å². The molecule has 3 atom stereocenters. The van der Waals surface area contributed by atoms with Gasteiger partial charge in [-0.15, -0.1) is 0 Å². The van der Waals surface area contributed by atoms with Gasteiger partial charge in [0.25, 0.3) is 0 Å². The number of aliphatic imine (C=N–C) groups is 1. The Bertz CT molecular complexity index is 1170. The van der Waals surface area contributed by atoms with Gasteiger partial charge in [-0.3, -0.25) is 14.6 Å². The summed E-state index contributed by atoms with van der Waals surface area (Å²) in [7, 11) is 0. The van der Waals surface area contributed by atoms with Crippen molar-refractivity contribution in [3.63, 3.8) is 0 Å². The third-order valence-electron chi connectivity index (χ3n) is 10.0. The molecule has 0 aliphatic heterocycles. The molecule has 210 valence electrons. The summed E-state index contributed by atoms with van der Waals surface area (Å²) in [6.45, 7) is 6.13. The highest BCUT2D eigenvalue weighted by atomic mass is 19.2. The average Bonchev–Trinajstić information content (AvgIpc) is 3.38. The van der Waals surface area contributed by atoms with Crippen molar-refractivity contribution in [1.82, 2.24) is 10.6 Å². The smallest absolute Gasteiger partial charge is 0.237 e. The molecule has 1 aromatic rings. The molecule has 2 amide bonds. The van der Waals surface area contributed by atoms with Crippen molar-refractivity contribution < 1.29 is 18.4 Å². The predicted molar refractivity (Wildman–Crippen MR) is 148 cm³/mol. The fraction of sp³-hybridized carbons (Fsp3) is 0.581. The number of amides is 2. The average molecular weight is 539 g/mol. The van der Waals surface area contributed by atoms with Crippen molar-refractivity contribution in [2.75, 3.05) is 6.54 Å². The van der Waals surface area contributed by atoms with Gasteiger partial charge >= 0.3 is 0 Å². The van der Waals surface area contributed by atoms with E-state index in [1.54, 1.807) is 24.6 Å². The Morgan fingerprint density at radius 3 is 2.49 bits per heavy atom. The minimum atomic E-state index is -0.863. The number of carbonyl (C=O) groups is 2. The van der Waals surface area contributed by atoms with Crippen LogP contribution in [0.25, 0.3) is 0 Å². The molecule has 5 fully saturated rings. The second-order valence-corrected chi connectivity index (χ2v) is 12.4. The van der Waals surface area contributed by atoms with Crippen LogP contribution in [0, 0.1) is 40.7 Å². The van der Waals surface area contributed by atoms with Crippen LogP contribution >= 0.6 is 0 Å². The minimum Gasteiger partial charge on any atom is -0.354 e. The first-order valence-corrected chi connectivity index (χ1v) is 14.3. The lowest BCUT2D eigenvalue weighted by Crippen LogP contribution is -2.62. The number of halogens is 2. The maximum absolute atomic E-state index is 14.0. The van der Waals surface area contributed by atoms with Gasteiger partial charge in [0.1, 0.15) is 0 Å². The molecule has 0 aromatic heterocycles. The summed E-state index contributed by atoms with van der Waals surface area (Å²) in [6.07, 6.45) is 12.9. The van der Waals surface area contributed by atoms with E-state index < -0.39 is 28.5 Å². The van der Waals surface area contributed by atoms with Crippen molar-refractivity contribution in [2.24, 2.45) is 39.8 Å². The molecule has 3 unspecified atom stereocenters. The maximum atomic E-state index is 14.0.